The van der Waals surface area contributed by atoms with Gasteiger partial charge in [0.2, 0.25) is 5.91 Å². The fourth-order valence-electron chi connectivity index (χ4n) is 3.33. The second kappa shape index (κ2) is 7.29. The molecule has 6 nitrogen and oxygen atoms in total. The molecule has 2 aromatic heterocycles. The molecule has 1 aliphatic rings. The first-order valence-corrected chi connectivity index (χ1v) is 9.64. The van der Waals surface area contributed by atoms with Gasteiger partial charge in [-0.15, -0.1) is 11.3 Å². The van der Waals surface area contributed by atoms with Crippen LogP contribution in [0.2, 0.25) is 0 Å². The number of carbonyl (C=O) groups is 1. The van der Waals surface area contributed by atoms with Crippen molar-refractivity contribution in [1.29, 1.82) is 0 Å². The number of hydrogen-bond acceptors (Lipinski definition) is 6. The zero-order chi connectivity index (χ0) is 17.9. The minimum atomic E-state index is 0.192. The summed E-state index contributed by atoms with van der Waals surface area (Å²) in [6.45, 7) is 3.03. The van der Waals surface area contributed by atoms with Crippen LogP contribution in [-0.4, -0.2) is 47.0 Å². The summed E-state index contributed by atoms with van der Waals surface area (Å²) >= 11 is 1.66. The number of fused-ring (bicyclic) bond motifs is 1. The van der Waals surface area contributed by atoms with Crippen LogP contribution in [0, 0.1) is 0 Å². The lowest BCUT2D eigenvalue weighted by atomic mass is 10.1. The molecule has 0 bridgehead atoms. The van der Waals surface area contributed by atoms with Gasteiger partial charge >= 0.3 is 0 Å². The molecular weight excluding hydrogens is 346 g/mol. The van der Waals surface area contributed by atoms with Crippen molar-refractivity contribution in [1.82, 2.24) is 14.9 Å². The van der Waals surface area contributed by atoms with Crippen LogP contribution < -0.4 is 10.6 Å². The minimum absolute atomic E-state index is 0.192. The summed E-state index contributed by atoms with van der Waals surface area (Å²) in [4.78, 5) is 25.5. The molecule has 0 unspecified atom stereocenters. The van der Waals surface area contributed by atoms with Crippen molar-refractivity contribution >= 4 is 39.0 Å². The smallest absolute Gasteiger partial charge is 0.223 e. The highest BCUT2D eigenvalue weighted by Crippen LogP contribution is 2.28. The van der Waals surface area contributed by atoms with Crippen molar-refractivity contribution < 1.29 is 4.79 Å². The summed E-state index contributed by atoms with van der Waals surface area (Å²) in [5.41, 5.74) is 8.75. The number of nitrogen functional groups attached to an aromatic ring is 1. The summed E-state index contributed by atoms with van der Waals surface area (Å²) < 4.78 is 1.12. The summed E-state index contributed by atoms with van der Waals surface area (Å²) in [7, 11) is 0. The highest BCUT2D eigenvalue weighted by molar-refractivity contribution is 7.17. The number of benzene rings is 1. The zero-order valence-corrected chi connectivity index (χ0v) is 15.3. The van der Waals surface area contributed by atoms with E-state index in [9.17, 15) is 4.79 Å². The highest BCUT2D eigenvalue weighted by Gasteiger charge is 2.23. The van der Waals surface area contributed by atoms with E-state index in [0.717, 1.165) is 53.5 Å². The average molecular weight is 367 g/mol. The number of nitrogens with two attached hydrogens (primary N) is 1. The molecule has 134 valence electrons. The fraction of sp³-hybridized carbons (Fsp3) is 0.316. The van der Waals surface area contributed by atoms with E-state index in [2.05, 4.69) is 14.9 Å². The van der Waals surface area contributed by atoms with E-state index in [-0.39, 0.29) is 5.91 Å². The second-order valence-electron chi connectivity index (χ2n) is 6.40. The van der Waals surface area contributed by atoms with Gasteiger partial charge < -0.3 is 15.5 Å². The maximum atomic E-state index is 12.5. The second-order valence-corrected chi connectivity index (χ2v) is 7.32. The minimum Gasteiger partial charge on any atom is -0.399 e. The van der Waals surface area contributed by atoms with Crippen LogP contribution >= 0.6 is 11.3 Å². The van der Waals surface area contributed by atoms with Crippen molar-refractivity contribution in [3.8, 4) is 0 Å². The molecule has 3 heterocycles. The molecule has 3 aromatic rings. The third-order valence-corrected chi connectivity index (χ3v) is 5.72. The third kappa shape index (κ3) is 3.35. The maximum absolute atomic E-state index is 12.5. The van der Waals surface area contributed by atoms with Gasteiger partial charge in [-0.3, -0.25) is 4.79 Å². The molecule has 0 atom stereocenters. The van der Waals surface area contributed by atoms with E-state index >= 15 is 0 Å². The first kappa shape index (κ1) is 16.8. The standard InChI is InChI=1S/C19H21N5OS/c20-15-4-2-1-3-14(15)5-6-17(25)23-8-10-24(11-9-23)19-18-16(7-12-26-18)21-13-22-19/h1-4,7,12-13H,5-6,8-11,20H2. The van der Waals surface area contributed by atoms with Crippen molar-refractivity contribution in [3.63, 3.8) is 0 Å². The van der Waals surface area contributed by atoms with Crippen LogP contribution in [0.15, 0.2) is 42.0 Å². The van der Waals surface area contributed by atoms with Crippen LogP contribution in [-0.2, 0) is 11.2 Å². The predicted octanol–water partition coefficient (Wildman–Crippen LogP) is 2.55. The van der Waals surface area contributed by atoms with Crippen molar-refractivity contribution in [2.24, 2.45) is 0 Å². The van der Waals surface area contributed by atoms with Gasteiger partial charge in [0.25, 0.3) is 0 Å². The first-order chi connectivity index (χ1) is 12.7. The number of para-hydroxylation sites is 1. The number of rotatable bonds is 4. The van der Waals surface area contributed by atoms with Gasteiger partial charge in [-0.1, -0.05) is 18.2 Å². The SMILES string of the molecule is Nc1ccccc1CCC(=O)N1CCN(c2ncnc3ccsc23)CC1. The summed E-state index contributed by atoms with van der Waals surface area (Å²) in [6.07, 6.45) is 2.80. The maximum Gasteiger partial charge on any atom is 0.223 e. The van der Waals surface area contributed by atoms with E-state index in [4.69, 9.17) is 5.73 Å². The number of aryl methyl sites for hydroxylation is 1. The van der Waals surface area contributed by atoms with Crippen LogP contribution in [0.5, 0.6) is 0 Å². The Morgan fingerprint density at radius 3 is 2.73 bits per heavy atom. The zero-order valence-electron chi connectivity index (χ0n) is 14.5. The molecule has 0 aliphatic carbocycles. The Morgan fingerprint density at radius 2 is 1.92 bits per heavy atom. The number of thiophene rings is 1. The van der Waals surface area contributed by atoms with Gasteiger partial charge in [-0.05, 0) is 29.5 Å². The topological polar surface area (TPSA) is 75.4 Å². The van der Waals surface area contributed by atoms with Crippen molar-refractivity contribution in [2.45, 2.75) is 12.8 Å². The van der Waals surface area contributed by atoms with Gasteiger partial charge in [-0.25, -0.2) is 9.97 Å². The fourth-order valence-corrected chi connectivity index (χ4v) is 4.19. The number of carbonyl (C=O) groups excluding carboxylic acids is 1. The highest BCUT2D eigenvalue weighted by atomic mass is 32.1. The van der Waals surface area contributed by atoms with Gasteiger partial charge in [0.1, 0.15) is 12.1 Å². The molecule has 1 aliphatic heterocycles. The molecule has 0 spiro atoms. The Bertz CT molecular complexity index is 917. The predicted molar refractivity (Wildman–Crippen MR) is 105 cm³/mol. The molecule has 0 saturated carbocycles. The van der Waals surface area contributed by atoms with E-state index < -0.39 is 0 Å². The molecule has 2 N–H and O–H groups in total. The van der Waals surface area contributed by atoms with Crippen LogP contribution in [0.25, 0.3) is 10.2 Å². The Hall–Kier alpha value is -2.67. The molecule has 1 amide bonds. The number of amides is 1. The summed E-state index contributed by atoms with van der Waals surface area (Å²) in [5.74, 6) is 1.17. The third-order valence-electron chi connectivity index (χ3n) is 4.82. The van der Waals surface area contributed by atoms with Gasteiger partial charge in [-0.2, -0.15) is 0 Å². The first-order valence-electron chi connectivity index (χ1n) is 8.76. The Balaban J connectivity index is 1.35. The number of anilines is 2. The summed E-state index contributed by atoms with van der Waals surface area (Å²) in [6, 6.07) is 9.76. The van der Waals surface area contributed by atoms with Gasteiger partial charge in [0, 0.05) is 38.3 Å². The number of piperazine rings is 1. The lowest BCUT2D eigenvalue weighted by molar-refractivity contribution is -0.131. The summed E-state index contributed by atoms with van der Waals surface area (Å²) in [5, 5.41) is 2.04. The van der Waals surface area contributed by atoms with Crippen molar-refractivity contribution in [2.75, 3.05) is 36.8 Å². The van der Waals surface area contributed by atoms with E-state index in [1.165, 1.54) is 0 Å². The average Bonchev–Trinajstić information content (AvgIpc) is 3.16. The normalized spacial score (nSPS) is 14.8. The molecule has 1 saturated heterocycles. The van der Waals surface area contributed by atoms with Gasteiger partial charge in [0.05, 0.1) is 10.2 Å². The molecule has 1 aromatic carbocycles. The molecule has 4 rings (SSSR count). The van der Waals surface area contributed by atoms with E-state index in [1.807, 2.05) is 40.6 Å². The van der Waals surface area contributed by atoms with Crippen LogP contribution in [0.1, 0.15) is 12.0 Å². The Kier molecular flexibility index (Phi) is 4.71. The number of hydrogen-bond donors (Lipinski definition) is 1. The lowest BCUT2D eigenvalue weighted by Crippen LogP contribution is -2.49. The Morgan fingerprint density at radius 1 is 1.12 bits per heavy atom. The molecular formula is C19H21N5OS. The van der Waals surface area contributed by atoms with E-state index in [1.54, 1.807) is 17.7 Å². The van der Waals surface area contributed by atoms with Gasteiger partial charge in [0.15, 0.2) is 0 Å². The van der Waals surface area contributed by atoms with Crippen LogP contribution in [0.4, 0.5) is 11.5 Å². The molecule has 0 radical (unpaired) electrons. The van der Waals surface area contributed by atoms with E-state index in [0.29, 0.717) is 12.8 Å². The van der Waals surface area contributed by atoms with Crippen molar-refractivity contribution in [3.05, 3.63) is 47.6 Å². The lowest BCUT2D eigenvalue weighted by Gasteiger charge is -2.35. The monoisotopic (exact) mass is 367 g/mol. The molecule has 1 fully saturated rings. The largest absolute Gasteiger partial charge is 0.399 e. The van der Waals surface area contributed by atoms with Crippen LogP contribution in [0.3, 0.4) is 0 Å². The number of nitrogens with zero attached hydrogens (tertiary/aromatic N) is 4. The Labute approximate surface area is 156 Å². The quantitative estimate of drug-likeness (QED) is 0.717. The molecule has 26 heavy (non-hydrogen) atoms. The molecule has 7 heteroatoms. The number of aromatic nitrogens is 2.